The van der Waals surface area contributed by atoms with Gasteiger partial charge in [0.05, 0.1) is 0 Å². The Hall–Kier alpha value is -0.500. The summed E-state index contributed by atoms with van der Waals surface area (Å²) in [5, 5.41) is 0. The SMILES string of the molecule is Cc1cc(Br)ccc1N1CC(C)(C)C1. The van der Waals surface area contributed by atoms with E-state index in [0.29, 0.717) is 5.41 Å². The van der Waals surface area contributed by atoms with Gasteiger partial charge in [0.1, 0.15) is 0 Å². The molecule has 1 fully saturated rings. The number of hydrogen-bond acceptors (Lipinski definition) is 1. The zero-order valence-electron chi connectivity index (χ0n) is 8.97. The fraction of sp³-hybridized carbons (Fsp3) is 0.500. The summed E-state index contributed by atoms with van der Waals surface area (Å²) in [6.45, 7) is 9.16. The van der Waals surface area contributed by atoms with Crippen molar-refractivity contribution in [1.82, 2.24) is 0 Å². The average molecular weight is 254 g/mol. The molecule has 1 aromatic carbocycles. The van der Waals surface area contributed by atoms with Crippen LogP contribution < -0.4 is 4.90 Å². The highest BCUT2D eigenvalue weighted by molar-refractivity contribution is 9.10. The maximum Gasteiger partial charge on any atom is 0.0397 e. The summed E-state index contributed by atoms with van der Waals surface area (Å²) in [5.74, 6) is 0. The fourth-order valence-electron chi connectivity index (χ4n) is 2.13. The van der Waals surface area contributed by atoms with Gasteiger partial charge in [0.2, 0.25) is 0 Å². The van der Waals surface area contributed by atoms with Crippen molar-refractivity contribution in [3.05, 3.63) is 28.2 Å². The van der Waals surface area contributed by atoms with E-state index in [0.717, 1.165) is 0 Å². The van der Waals surface area contributed by atoms with Crippen LogP contribution in [0.1, 0.15) is 19.4 Å². The van der Waals surface area contributed by atoms with Gasteiger partial charge in [-0.3, -0.25) is 0 Å². The summed E-state index contributed by atoms with van der Waals surface area (Å²) in [6.07, 6.45) is 0. The van der Waals surface area contributed by atoms with Crippen LogP contribution in [0.25, 0.3) is 0 Å². The van der Waals surface area contributed by atoms with Gasteiger partial charge >= 0.3 is 0 Å². The first-order chi connectivity index (χ1) is 6.48. The molecule has 1 nitrogen and oxygen atoms in total. The third-order valence-corrected chi connectivity index (χ3v) is 3.23. The Balaban J connectivity index is 2.19. The van der Waals surface area contributed by atoms with Crippen molar-refractivity contribution in [1.29, 1.82) is 0 Å². The summed E-state index contributed by atoms with van der Waals surface area (Å²) in [6, 6.07) is 6.50. The second-order valence-corrected chi connectivity index (χ2v) is 5.87. The van der Waals surface area contributed by atoms with Crippen molar-refractivity contribution in [3.8, 4) is 0 Å². The quantitative estimate of drug-likeness (QED) is 0.740. The summed E-state index contributed by atoms with van der Waals surface area (Å²) in [4.78, 5) is 2.45. The van der Waals surface area contributed by atoms with Crippen LogP contribution >= 0.6 is 15.9 Å². The van der Waals surface area contributed by atoms with Crippen LogP contribution in [0.5, 0.6) is 0 Å². The highest BCUT2D eigenvalue weighted by atomic mass is 79.9. The van der Waals surface area contributed by atoms with Gasteiger partial charge in [-0.1, -0.05) is 29.8 Å². The molecule has 2 rings (SSSR count). The molecule has 0 aliphatic carbocycles. The van der Waals surface area contributed by atoms with Crippen LogP contribution in [-0.4, -0.2) is 13.1 Å². The average Bonchev–Trinajstić information content (AvgIpc) is 2.00. The Kier molecular flexibility index (Phi) is 2.34. The normalized spacial score (nSPS) is 19.3. The molecule has 1 heterocycles. The summed E-state index contributed by atoms with van der Waals surface area (Å²) >= 11 is 3.49. The molecule has 0 radical (unpaired) electrons. The third kappa shape index (κ3) is 1.81. The van der Waals surface area contributed by atoms with Gasteiger partial charge in [0.15, 0.2) is 0 Å². The molecule has 14 heavy (non-hydrogen) atoms. The minimum atomic E-state index is 0.500. The van der Waals surface area contributed by atoms with Crippen molar-refractivity contribution in [2.75, 3.05) is 18.0 Å². The summed E-state index contributed by atoms with van der Waals surface area (Å²) in [7, 11) is 0. The molecule has 2 heteroatoms. The number of halogens is 1. The van der Waals surface area contributed by atoms with Gasteiger partial charge in [-0.2, -0.15) is 0 Å². The molecule has 1 saturated heterocycles. The minimum absolute atomic E-state index is 0.500. The van der Waals surface area contributed by atoms with Gasteiger partial charge < -0.3 is 4.90 Å². The largest absolute Gasteiger partial charge is 0.370 e. The fourth-order valence-corrected chi connectivity index (χ4v) is 2.61. The van der Waals surface area contributed by atoms with Crippen molar-refractivity contribution in [2.24, 2.45) is 5.41 Å². The van der Waals surface area contributed by atoms with Gasteiger partial charge in [-0.05, 0) is 36.1 Å². The molecule has 0 spiro atoms. The van der Waals surface area contributed by atoms with Gasteiger partial charge in [0, 0.05) is 23.2 Å². The number of rotatable bonds is 1. The zero-order valence-corrected chi connectivity index (χ0v) is 10.6. The van der Waals surface area contributed by atoms with E-state index >= 15 is 0 Å². The lowest BCUT2D eigenvalue weighted by molar-refractivity contribution is 0.276. The Labute approximate surface area is 94.2 Å². The Morgan fingerprint density at radius 1 is 1.29 bits per heavy atom. The molecule has 0 amide bonds. The van der Waals surface area contributed by atoms with Crippen LogP contribution in [-0.2, 0) is 0 Å². The maximum atomic E-state index is 3.49. The monoisotopic (exact) mass is 253 g/mol. The standard InChI is InChI=1S/C12H16BrN/c1-9-6-10(13)4-5-11(9)14-7-12(2,3)8-14/h4-6H,7-8H2,1-3H3. The van der Waals surface area contributed by atoms with Crippen molar-refractivity contribution < 1.29 is 0 Å². The van der Waals surface area contributed by atoms with Gasteiger partial charge in [0.25, 0.3) is 0 Å². The second kappa shape index (κ2) is 3.27. The first-order valence-corrected chi connectivity index (χ1v) is 5.78. The van der Waals surface area contributed by atoms with E-state index in [4.69, 9.17) is 0 Å². The zero-order chi connectivity index (χ0) is 10.3. The molecule has 0 unspecified atom stereocenters. The molecule has 1 aliphatic heterocycles. The maximum absolute atomic E-state index is 3.49. The summed E-state index contributed by atoms with van der Waals surface area (Å²) < 4.78 is 1.17. The van der Waals surface area contributed by atoms with E-state index in [-0.39, 0.29) is 0 Å². The third-order valence-electron chi connectivity index (χ3n) is 2.74. The highest BCUT2D eigenvalue weighted by Crippen LogP contribution is 2.35. The first-order valence-electron chi connectivity index (χ1n) is 4.99. The second-order valence-electron chi connectivity index (χ2n) is 4.95. The van der Waals surface area contributed by atoms with E-state index in [1.165, 1.54) is 28.8 Å². The van der Waals surface area contributed by atoms with Crippen LogP contribution in [0.15, 0.2) is 22.7 Å². The van der Waals surface area contributed by atoms with Gasteiger partial charge in [-0.25, -0.2) is 0 Å². The molecule has 1 aliphatic rings. The van der Waals surface area contributed by atoms with E-state index in [1.807, 2.05) is 0 Å². The molecule has 0 bridgehead atoms. The Morgan fingerprint density at radius 3 is 2.43 bits per heavy atom. The van der Waals surface area contributed by atoms with E-state index < -0.39 is 0 Å². The van der Waals surface area contributed by atoms with Crippen LogP contribution in [0.3, 0.4) is 0 Å². The molecule has 0 aromatic heterocycles. The number of benzene rings is 1. The lowest BCUT2D eigenvalue weighted by Gasteiger charge is -2.48. The first kappa shape index (κ1) is 10.0. The van der Waals surface area contributed by atoms with Crippen molar-refractivity contribution in [2.45, 2.75) is 20.8 Å². The van der Waals surface area contributed by atoms with E-state index in [2.05, 4.69) is 59.8 Å². The molecule has 1 aromatic rings. The molecular formula is C12H16BrN. The molecule has 0 saturated carbocycles. The van der Waals surface area contributed by atoms with E-state index in [9.17, 15) is 0 Å². The predicted octanol–water partition coefficient (Wildman–Crippen LogP) is 3.60. The van der Waals surface area contributed by atoms with E-state index in [1.54, 1.807) is 0 Å². The topological polar surface area (TPSA) is 3.24 Å². The molecular weight excluding hydrogens is 238 g/mol. The highest BCUT2D eigenvalue weighted by Gasteiger charge is 2.34. The smallest absolute Gasteiger partial charge is 0.0397 e. The Morgan fingerprint density at radius 2 is 1.93 bits per heavy atom. The van der Waals surface area contributed by atoms with Crippen LogP contribution in [0.2, 0.25) is 0 Å². The Bertz CT molecular complexity index is 349. The molecule has 0 atom stereocenters. The predicted molar refractivity (Wildman–Crippen MR) is 64.9 cm³/mol. The van der Waals surface area contributed by atoms with Crippen molar-refractivity contribution in [3.63, 3.8) is 0 Å². The summed E-state index contributed by atoms with van der Waals surface area (Å²) in [5.41, 5.74) is 3.24. The number of hydrogen-bond donors (Lipinski definition) is 0. The number of aryl methyl sites for hydroxylation is 1. The lowest BCUT2D eigenvalue weighted by atomic mass is 9.84. The van der Waals surface area contributed by atoms with Crippen LogP contribution in [0, 0.1) is 12.3 Å². The van der Waals surface area contributed by atoms with Gasteiger partial charge in [-0.15, -0.1) is 0 Å². The number of anilines is 1. The molecule has 76 valence electrons. The molecule has 0 N–H and O–H groups in total. The lowest BCUT2D eigenvalue weighted by Crippen LogP contribution is -2.53. The minimum Gasteiger partial charge on any atom is -0.370 e. The van der Waals surface area contributed by atoms with Crippen molar-refractivity contribution >= 4 is 21.6 Å². The number of nitrogens with zero attached hydrogens (tertiary/aromatic N) is 1. The van der Waals surface area contributed by atoms with Crippen LogP contribution in [0.4, 0.5) is 5.69 Å².